The van der Waals surface area contributed by atoms with Gasteiger partial charge in [0.25, 0.3) is 5.91 Å². The largest absolute Gasteiger partial charge is 0.481 e. The molecule has 7 heteroatoms. The van der Waals surface area contributed by atoms with Gasteiger partial charge in [0.15, 0.2) is 0 Å². The molecule has 1 aromatic heterocycles. The van der Waals surface area contributed by atoms with Crippen molar-refractivity contribution in [1.82, 2.24) is 9.88 Å². The number of piperidine rings is 1. The Bertz CT molecular complexity index is 1100. The predicted molar refractivity (Wildman–Crippen MR) is 108 cm³/mol. The summed E-state index contributed by atoms with van der Waals surface area (Å²) in [4.78, 5) is 31.4. The fraction of sp³-hybridized carbons (Fsp3) is 0.261. The number of carboxylic acid groups (broad SMARTS) is 1. The van der Waals surface area contributed by atoms with Gasteiger partial charge < -0.3 is 15.1 Å². The third-order valence-electron chi connectivity index (χ3n) is 5.79. The van der Waals surface area contributed by atoms with Gasteiger partial charge in [-0.25, -0.2) is 4.39 Å². The van der Waals surface area contributed by atoms with Gasteiger partial charge in [0.05, 0.1) is 17.2 Å². The van der Waals surface area contributed by atoms with Crippen LogP contribution in [0.4, 0.5) is 4.39 Å². The highest BCUT2D eigenvalue weighted by molar-refractivity contribution is 6.05. The molecule has 1 aliphatic rings. The molecule has 154 valence electrons. The van der Waals surface area contributed by atoms with Crippen molar-refractivity contribution in [2.75, 3.05) is 13.1 Å². The molecular weight excluding hydrogens is 387 g/mol. The summed E-state index contributed by atoms with van der Waals surface area (Å²) in [7, 11) is 0. The molecule has 0 spiro atoms. The van der Waals surface area contributed by atoms with Gasteiger partial charge in [-0.15, -0.1) is 0 Å². The molecule has 0 radical (unpaired) electrons. The monoisotopic (exact) mass is 408 g/mol. The zero-order valence-electron chi connectivity index (χ0n) is 16.2. The van der Waals surface area contributed by atoms with Crippen molar-refractivity contribution >= 4 is 22.8 Å². The highest BCUT2D eigenvalue weighted by Crippen LogP contribution is 2.35. The summed E-state index contributed by atoms with van der Waals surface area (Å²) in [6.45, 7) is 0.0879. The number of amides is 1. The second-order valence-corrected chi connectivity index (χ2v) is 7.68. The fourth-order valence-corrected chi connectivity index (χ4v) is 4.13. The molecule has 2 aromatic carbocycles. The number of hydrogen-bond donors (Lipinski definition) is 2. The molecule has 1 aliphatic heterocycles. The summed E-state index contributed by atoms with van der Waals surface area (Å²) >= 11 is 0. The van der Waals surface area contributed by atoms with E-state index in [1.165, 1.54) is 29.2 Å². The minimum Gasteiger partial charge on any atom is -0.481 e. The number of pyridine rings is 1. The van der Waals surface area contributed by atoms with E-state index in [2.05, 4.69) is 4.98 Å². The first-order valence-corrected chi connectivity index (χ1v) is 9.70. The number of carboxylic acids is 1. The summed E-state index contributed by atoms with van der Waals surface area (Å²) in [5.41, 5.74) is -0.0517. The van der Waals surface area contributed by atoms with Crippen LogP contribution in [0.3, 0.4) is 0 Å². The maximum absolute atomic E-state index is 13.3. The molecule has 2 heterocycles. The number of carbonyl (C=O) groups is 2. The summed E-state index contributed by atoms with van der Waals surface area (Å²) in [5, 5.41) is 21.5. The minimum atomic E-state index is -1.58. The zero-order chi connectivity index (χ0) is 21.3. The maximum atomic E-state index is 13.3. The van der Waals surface area contributed by atoms with E-state index in [9.17, 15) is 24.2 Å². The quantitative estimate of drug-likeness (QED) is 0.693. The Morgan fingerprint density at radius 1 is 1.13 bits per heavy atom. The van der Waals surface area contributed by atoms with E-state index < -0.39 is 23.3 Å². The number of carbonyl (C=O) groups excluding carboxylic acids is 1. The van der Waals surface area contributed by atoms with E-state index >= 15 is 0 Å². The van der Waals surface area contributed by atoms with Crippen LogP contribution in [-0.4, -0.2) is 51.2 Å². The number of aliphatic hydroxyl groups excluding tert-OH is 1. The van der Waals surface area contributed by atoms with Gasteiger partial charge in [-0.3, -0.25) is 14.6 Å². The molecule has 30 heavy (non-hydrogen) atoms. The lowest BCUT2D eigenvalue weighted by atomic mass is 9.72. The molecule has 6 nitrogen and oxygen atoms in total. The highest BCUT2D eigenvalue weighted by atomic mass is 19.1. The molecule has 0 bridgehead atoms. The second kappa shape index (κ2) is 7.84. The normalized spacial score (nSPS) is 21.5. The van der Waals surface area contributed by atoms with Crippen molar-refractivity contribution in [3.05, 3.63) is 77.7 Å². The third kappa shape index (κ3) is 3.52. The second-order valence-electron chi connectivity index (χ2n) is 7.68. The van der Waals surface area contributed by atoms with E-state index in [-0.39, 0.29) is 31.8 Å². The number of benzene rings is 2. The van der Waals surface area contributed by atoms with Crippen molar-refractivity contribution in [2.24, 2.45) is 5.41 Å². The van der Waals surface area contributed by atoms with E-state index in [1.54, 1.807) is 24.4 Å². The average Bonchev–Trinajstić information content (AvgIpc) is 2.76. The Kier molecular flexibility index (Phi) is 5.22. The van der Waals surface area contributed by atoms with Gasteiger partial charge in [0.1, 0.15) is 11.2 Å². The summed E-state index contributed by atoms with van der Waals surface area (Å²) in [6, 6.07) is 14.4. The lowest BCUT2D eigenvalue weighted by Crippen LogP contribution is -2.58. The predicted octanol–water partition coefficient (Wildman–Crippen LogP) is 2.89. The van der Waals surface area contributed by atoms with Crippen molar-refractivity contribution in [1.29, 1.82) is 0 Å². The van der Waals surface area contributed by atoms with Crippen LogP contribution in [0.15, 0.2) is 60.8 Å². The molecule has 0 unspecified atom stereocenters. The van der Waals surface area contributed by atoms with Crippen LogP contribution in [0, 0.1) is 11.2 Å². The third-order valence-corrected chi connectivity index (χ3v) is 5.79. The number of likely N-dealkylation sites (tertiary alicyclic amines) is 1. The van der Waals surface area contributed by atoms with Crippen LogP contribution in [0.1, 0.15) is 22.3 Å². The van der Waals surface area contributed by atoms with Gasteiger partial charge in [0.2, 0.25) is 0 Å². The van der Waals surface area contributed by atoms with Crippen LogP contribution in [0.5, 0.6) is 0 Å². The summed E-state index contributed by atoms with van der Waals surface area (Å²) in [6.07, 6.45) is 0.600. The number of aliphatic hydroxyl groups is 1. The number of rotatable bonds is 4. The zero-order valence-corrected chi connectivity index (χ0v) is 16.2. The van der Waals surface area contributed by atoms with Gasteiger partial charge in [-0.2, -0.15) is 0 Å². The van der Waals surface area contributed by atoms with Crippen LogP contribution in [0.25, 0.3) is 10.9 Å². The smallest absolute Gasteiger partial charge is 0.314 e. The standard InChI is InChI=1S/C23H21FN2O4/c24-17-8-6-15(7-9-17)13-23(22(29)30)14-26(12-10-19(23)27)21(28)18-5-1-3-16-4-2-11-25-20(16)18/h1-9,11,19,27H,10,12-14H2,(H,29,30)/t19-,23+/m0/s1. The maximum Gasteiger partial charge on any atom is 0.314 e. The molecule has 1 fully saturated rings. The highest BCUT2D eigenvalue weighted by Gasteiger charge is 2.50. The molecule has 3 aromatic rings. The van der Waals surface area contributed by atoms with Crippen molar-refractivity contribution in [3.8, 4) is 0 Å². The SMILES string of the molecule is O=C(c1cccc2cccnc12)N1CC[C@H](O)[C@](Cc2ccc(F)cc2)(C(=O)O)C1. The fourth-order valence-electron chi connectivity index (χ4n) is 4.13. The van der Waals surface area contributed by atoms with Crippen LogP contribution in [0.2, 0.25) is 0 Å². The topological polar surface area (TPSA) is 90.7 Å². The molecule has 1 saturated heterocycles. The van der Waals surface area contributed by atoms with Crippen LogP contribution >= 0.6 is 0 Å². The summed E-state index contributed by atoms with van der Waals surface area (Å²) in [5.74, 6) is -1.93. The Hall–Kier alpha value is -3.32. The Morgan fingerprint density at radius 2 is 1.87 bits per heavy atom. The van der Waals surface area contributed by atoms with E-state index in [4.69, 9.17) is 0 Å². The number of aliphatic carboxylic acids is 1. The lowest BCUT2D eigenvalue weighted by molar-refractivity contribution is -0.161. The van der Waals surface area contributed by atoms with Crippen molar-refractivity contribution in [2.45, 2.75) is 18.9 Å². The minimum absolute atomic E-state index is 0.0126. The van der Waals surface area contributed by atoms with Crippen molar-refractivity contribution < 1.29 is 24.2 Å². The summed E-state index contributed by atoms with van der Waals surface area (Å²) < 4.78 is 13.3. The molecule has 2 N–H and O–H groups in total. The van der Waals surface area contributed by atoms with Gasteiger partial charge in [-0.1, -0.05) is 30.3 Å². The number of fused-ring (bicyclic) bond motifs is 1. The molecule has 4 rings (SSSR count). The van der Waals surface area contributed by atoms with Crippen molar-refractivity contribution in [3.63, 3.8) is 0 Å². The Morgan fingerprint density at radius 3 is 2.60 bits per heavy atom. The number of nitrogens with zero attached hydrogens (tertiary/aromatic N) is 2. The molecule has 2 atom stereocenters. The lowest BCUT2D eigenvalue weighted by Gasteiger charge is -2.43. The molecule has 1 amide bonds. The van der Waals surface area contributed by atoms with Gasteiger partial charge in [-0.05, 0) is 42.7 Å². The first-order chi connectivity index (χ1) is 14.4. The molecule has 0 saturated carbocycles. The number of halogens is 1. The molecule has 0 aliphatic carbocycles. The van der Waals surface area contributed by atoms with Crippen LogP contribution < -0.4 is 0 Å². The molecular formula is C23H21FN2O4. The van der Waals surface area contributed by atoms with E-state index in [1.807, 2.05) is 12.1 Å². The van der Waals surface area contributed by atoms with Gasteiger partial charge in [0, 0.05) is 24.7 Å². The Balaban J connectivity index is 1.67. The first-order valence-electron chi connectivity index (χ1n) is 9.70. The number of hydrogen-bond acceptors (Lipinski definition) is 4. The van der Waals surface area contributed by atoms with E-state index in [0.29, 0.717) is 16.6 Å². The average molecular weight is 408 g/mol. The number of aromatic nitrogens is 1. The van der Waals surface area contributed by atoms with E-state index in [0.717, 1.165) is 5.39 Å². The number of para-hydroxylation sites is 1. The van der Waals surface area contributed by atoms with Crippen LogP contribution in [-0.2, 0) is 11.2 Å². The van der Waals surface area contributed by atoms with Gasteiger partial charge >= 0.3 is 5.97 Å². The Labute approximate surface area is 172 Å². The first kappa shape index (κ1) is 20.0.